The average molecular weight is 268 g/mol. The van der Waals surface area contributed by atoms with Gasteiger partial charge in [0.1, 0.15) is 5.92 Å². The molecule has 0 spiro atoms. The molecule has 1 N–H and O–H groups in total. The number of urea groups is 1. The van der Waals surface area contributed by atoms with E-state index in [1.54, 1.807) is 0 Å². The minimum atomic E-state index is -0.780. The maximum atomic E-state index is 12.5. The zero-order valence-corrected chi connectivity index (χ0v) is 11.6. The molecule has 19 heavy (non-hydrogen) atoms. The van der Waals surface area contributed by atoms with Gasteiger partial charge in [0.15, 0.2) is 0 Å². The summed E-state index contributed by atoms with van der Waals surface area (Å²) in [7, 11) is 0. The number of hydrogen-bond acceptors (Lipinski definition) is 4. The molecule has 2 fully saturated rings. The standard InChI is InChI=1S/C13H20N2O4/c1-8(2)9-10(16)14-12(18)15(11(9)17)13(3)4-6-19-7-5-13/h8-9H,4-7H2,1-3H3,(H,14,16,18). The van der Waals surface area contributed by atoms with Crippen molar-refractivity contribution in [2.75, 3.05) is 13.2 Å². The van der Waals surface area contributed by atoms with Crippen LogP contribution in [-0.2, 0) is 14.3 Å². The van der Waals surface area contributed by atoms with Crippen LogP contribution in [0.4, 0.5) is 4.79 Å². The number of amides is 4. The first-order valence-electron chi connectivity index (χ1n) is 6.63. The van der Waals surface area contributed by atoms with Crippen LogP contribution in [0.1, 0.15) is 33.6 Å². The topological polar surface area (TPSA) is 75.7 Å². The van der Waals surface area contributed by atoms with Crippen molar-refractivity contribution in [2.45, 2.75) is 39.2 Å². The second-order valence-electron chi connectivity index (χ2n) is 5.80. The Kier molecular flexibility index (Phi) is 3.62. The molecule has 106 valence electrons. The Morgan fingerprint density at radius 2 is 1.84 bits per heavy atom. The fraction of sp³-hybridized carbons (Fsp3) is 0.769. The number of rotatable bonds is 2. The Morgan fingerprint density at radius 1 is 1.26 bits per heavy atom. The van der Waals surface area contributed by atoms with E-state index in [-0.39, 0.29) is 11.8 Å². The van der Waals surface area contributed by atoms with Gasteiger partial charge in [-0.05, 0) is 25.7 Å². The van der Waals surface area contributed by atoms with Gasteiger partial charge in [0.05, 0.1) is 5.54 Å². The summed E-state index contributed by atoms with van der Waals surface area (Å²) in [6.45, 7) is 6.53. The normalized spacial score (nSPS) is 27.7. The van der Waals surface area contributed by atoms with Crippen molar-refractivity contribution in [1.29, 1.82) is 0 Å². The first kappa shape index (κ1) is 14.0. The van der Waals surface area contributed by atoms with Gasteiger partial charge in [0.2, 0.25) is 11.8 Å². The lowest BCUT2D eigenvalue weighted by atomic mass is 9.85. The summed E-state index contributed by atoms with van der Waals surface area (Å²) in [5.41, 5.74) is -0.562. The lowest BCUT2D eigenvalue weighted by Gasteiger charge is -2.45. The first-order chi connectivity index (χ1) is 8.87. The smallest absolute Gasteiger partial charge is 0.331 e. The summed E-state index contributed by atoms with van der Waals surface area (Å²) in [5.74, 6) is -1.78. The van der Waals surface area contributed by atoms with E-state index in [9.17, 15) is 14.4 Å². The molecule has 0 aromatic heterocycles. The summed E-state index contributed by atoms with van der Waals surface area (Å²) in [5, 5.41) is 2.30. The molecule has 2 heterocycles. The van der Waals surface area contributed by atoms with Crippen LogP contribution in [-0.4, -0.2) is 41.5 Å². The third kappa shape index (κ3) is 2.36. The summed E-state index contributed by atoms with van der Waals surface area (Å²) in [6.07, 6.45) is 1.20. The molecule has 0 aromatic rings. The number of ether oxygens (including phenoxy) is 1. The van der Waals surface area contributed by atoms with Crippen LogP contribution in [0.25, 0.3) is 0 Å². The molecule has 6 nitrogen and oxygen atoms in total. The molecule has 1 atom stereocenters. The van der Waals surface area contributed by atoms with Crippen molar-refractivity contribution in [3.05, 3.63) is 0 Å². The molecule has 6 heteroatoms. The summed E-state index contributed by atoms with van der Waals surface area (Å²) in [6, 6.07) is -0.601. The number of barbiturate groups is 1. The predicted octanol–water partition coefficient (Wildman–Crippen LogP) is 0.906. The fourth-order valence-electron chi connectivity index (χ4n) is 2.72. The highest BCUT2D eigenvalue weighted by Crippen LogP contribution is 2.32. The number of nitrogens with zero attached hydrogens (tertiary/aromatic N) is 1. The highest BCUT2D eigenvalue weighted by Gasteiger charge is 2.49. The minimum absolute atomic E-state index is 0.133. The van der Waals surface area contributed by atoms with E-state index in [2.05, 4.69) is 5.32 Å². The van der Waals surface area contributed by atoms with Gasteiger partial charge in [0, 0.05) is 13.2 Å². The van der Waals surface area contributed by atoms with E-state index in [1.807, 2.05) is 20.8 Å². The second kappa shape index (κ2) is 4.92. The first-order valence-corrected chi connectivity index (χ1v) is 6.63. The highest BCUT2D eigenvalue weighted by atomic mass is 16.5. The number of imide groups is 2. The van der Waals surface area contributed by atoms with Gasteiger partial charge in [-0.15, -0.1) is 0 Å². The molecule has 2 saturated heterocycles. The molecule has 0 bridgehead atoms. The Morgan fingerprint density at radius 3 is 2.37 bits per heavy atom. The summed E-state index contributed by atoms with van der Waals surface area (Å²) >= 11 is 0. The maximum Gasteiger partial charge on any atom is 0.331 e. The van der Waals surface area contributed by atoms with Crippen molar-refractivity contribution in [3.63, 3.8) is 0 Å². The molecule has 4 amide bonds. The van der Waals surface area contributed by atoms with E-state index >= 15 is 0 Å². The van der Waals surface area contributed by atoms with Crippen LogP contribution in [0.3, 0.4) is 0 Å². The predicted molar refractivity (Wildman–Crippen MR) is 67.2 cm³/mol. The Bertz CT molecular complexity index is 413. The van der Waals surface area contributed by atoms with Crippen LogP contribution >= 0.6 is 0 Å². The molecular formula is C13H20N2O4. The quantitative estimate of drug-likeness (QED) is 0.755. The fourth-order valence-corrected chi connectivity index (χ4v) is 2.72. The van der Waals surface area contributed by atoms with E-state index in [1.165, 1.54) is 4.90 Å². The van der Waals surface area contributed by atoms with E-state index in [0.717, 1.165) is 0 Å². The zero-order chi connectivity index (χ0) is 14.2. The molecule has 1 unspecified atom stereocenters. The molecular weight excluding hydrogens is 248 g/mol. The highest BCUT2D eigenvalue weighted by molar-refractivity contribution is 6.16. The van der Waals surface area contributed by atoms with Crippen LogP contribution < -0.4 is 5.32 Å². The maximum absolute atomic E-state index is 12.5. The number of carbonyl (C=O) groups excluding carboxylic acids is 3. The van der Waals surface area contributed by atoms with E-state index in [4.69, 9.17) is 4.74 Å². The van der Waals surface area contributed by atoms with Gasteiger partial charge in [-0.3, -0.25) is 19.8 Å². The van der Waals surface area contributed by atoms with Gasteiger partial charge in [-0.2, -0.15) is 0 Å². The SMILES string of the molecule is CC(C)C1C(=O)NC(=O)N(C2(C)CCOCC2)C1=O. The van der Waals surface area contributed by atoms with E-state index < -0.39 is 23.4 Å². The van der Waals surface area contributed by atoms with Gasteiger partial charge >= 0.3 is 6.03 Å². The second-order valence-corrected chi connectivity index (χ2v) is 5.80. The van der Waals surface area contributed by atoms with Gasteiger partial charge in [0.25, 0.3) is 0 Å². The van der Waals surface area contributed by atoms with Crippen LogP contribution in [0.2, 0.25) is 0 Å². The van der Waals surface area contributed by atoms with Crippen molar-refractivity contribution >= 4 is 17.8 Å². The zero-order valence-electron chi connectivity index (χ0n) is 11.6. The Balaban J connectivity index is 2.30. The molecule has 0 aromatic carbocycles. The lowest BCUT2D eigenvalue weighted by Crippen LogP contribution is -2.66. The molecule has 2 aliphatic rings. The van der Waals surface area contributed by atoms with Gasteiger partial charge in [-0.1, -0.05) is 13.8 Å². The average Bonchev–Trinajstić information content (AvgIpc) is 2.27. The Labute approximate surface area is 112 Å². The summed E-state index contributed by atoms with van der Waals surface area (Å²) in [4.78, 5) is 37.5. The largest absolute Gasteiger partial charge is 0.381 e. The van der Waals surface area contributed by atoms with Crippen LogP contribution in [0.5, 0.6) is 0 Å². The van der Waals surface area contributed by atoms with Gasteiger partial charge < -0.3 is 4.74 Å². The molecule has 0 radical (unpaired) electrons. The third-order valence-corrected chi connectivity index (χ3v) is 3.98. The van der Waals surface area contributed by atoms with Crippen molar-refractivity contribution in [3.8, 4) is 0 Å². The lowest BCUT2D eigenvalue weighted by molar-refractivity contribution is -0.150. The van der Waals surface area contributed by atoms with Crippen molar-refractivity contribution in [2.24, 2.45) is 11.8 Å². The number of carbonyl (C=O) groups is 3. The van der Waals surface area contributed by atoms with E-state index in [0.29, 0.717) is 26.1 Å². The summed E-state index contributed by atoms with van der Waals surface area (Å²) < 4.78 is 5.29. The monoisotopic (exact) mass is 268 g/mol. The number of nitrogens with one attached hydrogen (secondary N) is 1. The number of hydrogen-bond donors (Lipinski definition) is 1. The van der Waals surface area contributed by atoms with Crippen molar-refractivity contribution in [1.82, 2.24) is 10.2 Å². The van der Waals surface area contributed by atoms with Crippen LogP contribution in [0.15, 0.2) is 0 Å². The van der Waals surface area contributed by atoms with Crippen LogP contribution in [0, 0.1) is 11.8 Å². The molecule has 2 rings (SSSR count). The van der Waals surface area contributed by atoms with Crippen molar-refractivity contribution < 1.29 is 19.1 Å². The Hall–Kier alpha value is -1.43. The molecule has 0 saturated carbocycles. The molecule has 2 aliphatic heterocycles. The molecule has 0 aliphatic carbocycles. The minimum Gasteiger partial charge on any atom is -0.381 e. The van der Waals surface area contributed by atoms with Gasteiger partial charge in [-0.25, -0.2) is 4.79 Å². The third-order valence-electron chi connectivity index (χ3n) is 3.98.